The van der Waals surface area contributed by atoms with E-state index in [-0.39, 0.29) is 52.3 Å². The number of nitrogens with one attached hydrogen (secondary N) is 4. The summed E-state index contributed by atoms with van der Waals surface area (Å²) in [5.41, 5.74) is 18.2. The van der Waals surface area contributed by atoms with E-state index in [4.69, 9.17) is 17.2 Å². The van der Waals surface area contributed by atoms with Crippen LogP contribution in [0.5, 0.6) is 5.75 Å². The number of carbonyl (C=O) groups is 2. The summed E-state index contributed by atoms with van der Waals surface area (Å²) in [5, 5.41) is 5.17. The summed E-state index contributed by atoms with van der Waals surface area (Å²) in [6.45, 7) is 0.615. The first-order chi connectivity index (χ1) is 30.8. The van der Waals surface area contributed by atoms with Crippen molar-refractivity contribution >= 4 is 54.9 Å². The lowest BCUT2D eigenvalue weighted by Gasteiger charge is -2.15. The molecule has 4 heterocycles. The van der Waals surface area contributed by atoms with Crippen LogP contribution in [0.4, 0.5) is 36.2 Å². The van der Waals surface area contributed by atoms with E-state index in [1.807, 2.05) is 19.0 Å². The topological polar surface area (TPSA) is 318 Å². The second kappa shape index (κ2) is 21.4. The number of benzene rings is 2. The molecule has 0 fully saturated rings. The summed E-state index contributed by atoms with van der Waals surface area (Å²) in [4.78, 5) is 50.5. The third kappa shape index (κ3) is 13.9. The van der Waals surface area contributed by atoms with Crippen LogP contribution in [0.15, 0.2) is 114 Å². The molecule has 4 aromatic heterocycles. The number of halogens is 3. The van der Waals surface area contributed by atoms with Gasteiger partial charge in [-0.05, 0) is 62.6 Å². The van der Waals surface area contributed by atoms with E-state index in [2.05, 4.69) is 54.7 Å². The molecule has 26 heteroatoms. The maximum Gasteiger partial charge on any atom is 0.573 e. The molecular weight excluding hydrogens is 898 g/mol. The first-order valence-electron chi connectivity index (χ1n) is 18.8. The molecule has 0 unspecified atom stereocenters. The van der Waals surface area contributed by atoms with Crippen molar-refractivity contribution in [2.45, 2.75) is 16.2 Å². The number of pyridine rings is 2. The standard InChI is InChI=1S/C20H23N7O3S.C19H18F3N7O4S/c1-27(2)11-10-24-31(29,30)16-7-5-14(6-8-16)17-13-23-19(21)18(26-17)20(28)25-15-4-3-9-22-12-15;20-19(21,22)33-14-8-11(3-4-15(14)34(31,32)27-7-5-23)13-10-26-17(24)16(29-13)18(30)28-12-2-1-6-25-9-12/h3-9,12-13,24H,10-11H2,1-2H3,(H2,21,23)(H,25,28);1-4,6,8-10,27H,5,7,23H2,(H2,24,26)(H,28,30). The van der Waals surface area contributed by atoms with Gasteiger partial charge in [0.2, 0.25) is 20.0 Å². The summed E-state index contributed by atoms with van der Waals surface area (Å²) in [6, 6.07) is 15.6. The van der Waals surface area contributed by atoms with Gasteiger partial charge < -0.3 is 37.5 Å². The van der Waals surface area contributed by atoms with E-state index in [1.165, 1.54) is 43.0 Å². The molecule has 6 aromatic rings. The Morgan fingerprint density at radius 3 is 1.69 bits per heavy atom. The normalized spacial score (nSPS) is 11.6. The van der Waals surface area contributed by atoms with Gasteiger partial charge in [0.15, 0.2) is 23.0 Å². The molecule has 0 atom stereocenters. The molecule has 2 aromatic carbocycles. The van der Waals surface area contributed by atoms with Gasteiger partial charge in [-0.2, -0.15) is 0 Å². The van der Waals surface area contributed by atoms with E-state index in [9.17, 15) is 39.6 Å². The number of anilines is 4. The van der Waals surface area contributed by atoms with E-state index in [0.717, 1.165) is 18.3 Å². The SMILES string of the molecule is CN(C)CCNS(=O)(=O)c1ccc(-c2cnc(N)c(C(=O)Nc3cccnc3)n2)cc1.NCCNS(=O)(=O)c1ccc(-c2cnc(N)c(C(=O)Nc3cccnc3)n2)cc1OC(F)(F)F. The zero-order chi connectivity index (χ0) is 47.4. The first kappa shape index (κ1) is 48.8. The van der Waals surface area contributed by atoms with Crippen LogP contribution in [0.1, 0.15) is 21.0 Å². The molecule has 10 N–H and O–H groups in total. The number of sulfonamides is 2. The van der Waals surface area contributed by atoms with Crippen LogP contribution in [-0.4, -0.2) is 110 Å². The highest BCUT2D eigenvalue weighted by atomic mass is 32.2. The third-order valence-electron chi connectivity index (χ3n) is 8.37. The quantitative estimate of drug-likeness (QED) is 0.0734. The highest BCUT2D eigenvalue weighted by Gasteiger charge is 2.34. The number of aromatic nitrogens is 6. The number of carbonyl (C=O) groups excluding carboxylic acids is 2. The fraction of sp³-hybridized carbons (Fsp3) is 0.179. The van der Waals surface area contributed by atoms with Crippen LogP contribution >= 0.6 is 0 Å². The Hall–Kier alpha value is -7.23. The Bertz CT molecular complexity index is 2830. The van der Waals surface area contributed by atoms with Gasteiger partial charge in [0.05, 0.1) is 52.4 Å². The minimum absolute atomic E-state index is 0.0139. The number of likely N-dealkylation sites (N-methyl/N-ethyl adjacent to an activating group) is 1. The molecular formula is C39H41F3N14O7S2. The minimum Gasteiger partial charge on any atom is -0.404 e. The van der Waals surface area contributed by atoms with Crippen molar-refractivity contribution in [3.63, 3.8) is 0 Å². The Balaban J connectivity index is 0.000000245. The van der Waals surface area contributed by atoms with Crippen LogP contribution in [-0.2, 0) is 20.0 Å². The monoisotopic (exact) mass is 938 g/mol. The maximum absolute atomic E-state index is 13.0. The molecule has 0 saturated carbocycles. The predicted molar refractivity (Wildman–Crippen MR) is 233 cm³/mol. The molecule has 0 aliphatic carbocycles. The molecule has 21 nitrogen and oxygen atoms in total. The summed E-state index contributed by atoms with van der Waals surface area (Å²) >= 11 is 0. The average molecular weight is 939 g/mol. The summed E-state index contributed by atoms with van der Waals surface area (Å²) in [7, 11) is -4.26. The molecule has 0 saturated heterocycles. The Morgan fingerprint density at radius 1 is 0.708 bits per heavy atom. The highest BCUT2D eigenvalue weighted by Crippen LogP contribution is 2.34. The summed E-state index contributed by atoms with van der Waals surface area (Å²) in [6.07, 6.45) is 3.32. The van der Waals surface area contributed by atoms with Gasteiger partial charge in [-0.1, -0.05) is 18.2 Å². The summed E-state index contributed by atoms with van der Waals surface area (Å²) in [5.74, 6) is -2.52. The molecule has 0 bridgehead atoms. The number of alkyl halides is 3. The lowest BCUT2D eigenvalue weighted by molar-refractivity contribution is -0.275. The third-order valence-corrected chi connectivity index (χ3v) is 11.4. The number of rotatable bonds is 16. The average Bonchev–Trinajstić information content (AvgIpc) is 3.26. The highest BCUT2D eigenvalue weighted by molar-refractivity contribution is 7.89. The van der Waals surface area contributed by atoms with Crippen molar-refractivity contribution < 1.29 is 44.3 Å². The van der Waals surface area contributed by atoms with Gasteiger partial charge in [0.25, 0.3) is 11.8 Å². The summed E-state index contributed by atoms with van der Waals surface area (Å²) < 4.78 is 97.0. The number of nitrogens with two attached hydrogens (primary N) is 3. The van der Waals surface area contributed by atoms with Crippen LogP contribution in [0.25, 0.3) is 22.5 Å². The van der Waals surface area contributed by atoms with Gasteiger partial charge in [-0.25, -0.2) is 46.2 Å². The van der Waals surface area contributed by atoms with E-state index >= 15 is 0 Å². The van der Waals surface area contributed by atoms with Crippen molar-refractivity contribution in [2.24, 2.45) is 5.73 Å². The molecule has 65 heavy (non-hydrogen) atoms. The minimum atomic E-state index is -5.18. The smallest absolute Gasteiger partial charge is 0.404 e. The zero-order valence-electron chi connectivity index (χ0n) is 34.3. The van der Waals surface area contributed by atoms with E-state index in [1.54, 1.807) is 42.6 Å². The lowest BCUT2D eigenvalue weighted by atomic mass is 10.1. The second-order valence-electron chi connectivity index (χ2n) is 13.5. The molecule has 0 aliphatic heterocycles. The van der Waals surface area contributed by atoms with Crippen molar-refractivity contribution in [2.75, 3.05) is 62.4 Å². The van der Waals surface area contributed by atoms with Crippen molar-refractivity contribution in [1.29, 1.82) is 0 Å². The number of hydrogen-bond donors (Lipinski definition) is 7. The fourth-order valence-corrected chi connectivity index (χ4v) is 7.50. The number of hydrogen-bond acceptors (Lipinski definition) is 17. The zero-order valence-corrected chi connectivity index (χ0v) is 35.9. The molecule has 0 radical (unpaired) electrons. The second-order valence-corrected chi connectivity index (χ2v) is 17.0. The molecule has 6 rings (SSSR count). The van der Waals surface area contributed by atoms with Gasteiger partial charge in [0.1, 0.15) is 10.6 Å². The Labute approximate surface area is 370 Å². The van der Waals surface area contributed by atoms with Gasteiger partial charge in [0, 0.05) is 49.7 Å². The van der Waals surface area contributed by atoms with Crippen LogP contribution in [0, 0.1) is 0 Å². The fourth-order valence-electron chi connectivity index (χ4n) is 5.32. The lowest BCUT2D eigenvalue weighted by Crippen LogP contribution is -2.31. The Morgan fingerprint density at radius 2 is 1.22 bits per heavy atom. The molecule has 0 aliphatic rings. The van der Waals surface area contributed by atoms with Crippen LogP contribution in [0.3, 0.4) is 0 Å². The van der Waals surface area contributed by atoms with Gasteiger partial charge in [-0.3, -0.25) is 19.6 Å². The number of ether oxygens (including phenoxy) is 1. The van der Waals surface area contributed by atoms with E-state index < -0.39 is 48.9 Å². The molecule has 0 spiro atoms. The van der Waals surface area contributed by atoms with Crippen molar-refractivity contribution in [3.8, 4) is 28.3 Å². The number of amides is 2. The number of nitrogen functional groups attached to an aromatic ring is 2. The largest absolute Gasteiger partial charge is 0.573 e. The maximum atomic E-state index is 13.0. The first-order valence-corrected chi connectivity index (χ1v) is 21.8. The molecule has 342 valence electrons. The van der Waals surface area contributed by atoms with Gasteiger partial charge in [-0.15, -0.1) is 13.2 Å². The Kier molecular flexibility index (Phi) is 16.1. The predicted octanol–water partition coefficient (Wildman–Crippen LogP) is 2.72. The molecule has 2 amide bonds. The van der Waals surface area contributed by atoms with Crippen molar-refractivity contribution in [3.05, 3.63) is 115 Å². The van der Waals surface area contributed by atoms with Crippen molar-refractivity contribution in [1.82, 2.24) is 44.2 Å². The van der Waals surface area contributed by atoms with E-state index in [0.29, 0.717) is 35.7 Å². The van der Waals surface area contributed by atoms with Gasteiger partial charge >= 0.3 is 6.36 Å². The number of nitrogens with zero attached hydrogens (tertiary/aromatic N) is 7. The van der Waals surface area contributed by atoms with Crippen LogP contribution < -0.4 is 42.0 Å². The van der Waals surface area contributed by atoms with Crippen LogP contribution in [0.2, 0.25) is 0 Å².